The molecule has 2 nitrogen and oxygen atoms in total. The molecule has 0 radical (unpaired) electrons. The van der Waals surface area contributed by atoms with Gasteiger partial charge in [0.1, 0.15) is 0 Å². The molecule has 0 bridgehead atoms. The average molecular weight is 266 g/mol. The second-order valence-corrected chi connectivity index (χ2v) is 5.31. The molecule has 2 rings (SSSR count). The highest BCUT2D eigenvalue weighted by Crippen LogP contribution is 2.16. The van der Waals surface area contributed by atoms with Gasteiger partial charge in [-0.3, -0.25) is 0 Å². The van der Waals surface area contributed by atoms with Crippen molar-refractivity contribution in [1.82, 2.24) is 0 Å². The Morgan fingerprint density at radius 2 is 0.850 bits per heavy atom. The Bertz CT molecular complexity index is 510. The van der Waals surface area contributed by atoms with Crippen molar-refractivity contribution in [2.75, 3.05) is 38.0 Å². The van der Waals surface area contributed by atoms with E-state index in [9.17, 15) is 0 Å². The van der Waals surface area contributed by atoms with Crippen molar-refractivity contribution < 1.29 is 0 Å². The normalized spacial score (nSPS) is 10.8. The second kappa shape index (κ2) is 6.29. The molecule has 0 N–H and O–H groups in total. The topological polar surface area (TPSA) is 6.48 Å². The maximum Gasteiger partial charge on any atom is 0.0361 e. The maximum atomic E-state index is 2.14. The number of hydrogen-bond acceptors (Lipinski definition) is 2. The van der Waals surface area contributed by atoms with Gasteiger partial charge < -0.3 is 9.80 Å². The van der Waals surface area contributed by atoms with Crippen LogP contribution in [0.2, 0.25) is 0 Å². The van der Waals surface area contributed by atoms with Gasteiger partial charge in [-0.1, -0.05) is 36.4 Å². The summed E-state index contributed by atoms with van der Waals surface area (Å²) in [6.45, 7) is 0. The van der Waals surface area contributed by atoms with Crippen LogP contribution in [0.5, 0.6) is 0 Å². The SMILES string of the molecule is CN(C)c1ccc(C=Cc2ccc(N(C)C)cc2)cc1. The number of nitrogens with zero attached hydrogens (tertiary/aromatic N) is 2. The lowest BCUT2D eigenvalue weighted by atomic mass is 10.1. The van der Waals surface area contributed by atoms with Crippen LogP contribution in [0, 0.1) is 0 Å². The van der Waals surface area contributed by atoms with Gasteiger partial charge in [-0.15, -0.1) is 0 Å². The van der Waals surface area contributed by atoms with E-state index in [0.717, 1.165) is 0 Å². The highest BCUT2D eigenvalue weighted by molar-refractivity contribution is 5.71. The number of hydrogen-bond donors (Lipinski definition) is 0. The fourth-order valence-electron chi connectivity index (χ4n) is 1.96. The fourth-order valence-corrected chi connectivity index (χ4v) is 1.96. The van der Waals surface area contributed by atoms with Crippen LogP contribution >= 0.6 is 0 Å². The minimum Gasteiger partial charge on any atom is -0.378 e. The maximum absolute atomic E-state index is 2.14. The molecule has 0 aliphatic heterocycles. The fraction of sp³-hybridized carbons (Fsp3) is 0.222. The minimum atomic E-state index is 1.22. The van der Waals surface area contributed by atoms with Gasteiger partial charge >= 0.3 is 0 Å². The minimum absolute atomic E-state index is 1.22. The van der Waals surface area contributed by atoms with Gasteiger partial charge in [0, 0.05) is 39.6 Å². The Morgan fingerprint density at radius 3 is 1.10 bits per heavy atom. The van der Waals surface area contributed by atoms with Gasteiger partial charge in [-0.2, -0.15) is 0 Å². The predicted octanol–water partition coefficient (Wildman–Crippen LogP) is 3.99. The van der Waals surface area contributed by atoms with Crippen molar-refractivity contribution in [3.63, 3.8) is 0 Å². The van der Waals surface area contributed by atoms with Crippen LogP contribution in [-0.4, -0.2) is 28.2 Å². The van der Waals surface area contributed by atoms with Gasteiger partial charge in [0.05, 0.1) is 0 Å². The van der Waals surface area contributed by atoms with Crippen molar-refractivity contribution >= 4 is 23.5 Å². The zero-order valence-electron chi connectivity index (χ0n) is 12.7. The van der Waals surface area contributed by atoms with Crippen LogP contribution in [0.4, 0.5) is 11.4 Å². The van der Waals surface area contributed by atoms with Crippen molar-refractivity contribution in [2.24, 2.45) is 0 Å². The molecule has 2 heteroatoms. The van der Waals surface area contributed by atoms with Crippen molar-refractivity contribution in [3.8, 4) is 0 Å². The van der Waals surface area contributed by atoms with Crippen LogP contribution in [0.3, 0.4) is 0 Å². The van der Waals surface area contributed by atoms with E-state index in [-0.39, 0.29) is 0 Å². The molecular formula is C18H22N2. The third-order valence-electron chi connectivity index (χ3n) is 3.29. The van der Waals surface area contributed by atoms with Gasteiger partial charge in [0.2, 0.25) is 0 Å². The molecule has 0 spiro atoms. The lowest BCUT2D eigenvalue weighted by Gasteiger charge is -2.12. The van der Waals surface area contributed by atoms with E-state index in [1.807, 2.05) is 0 Å². The van der Waals surface area contributed by atoms with E-state index in [1.165, 1.54) is 22.5 Å². The van der Waals surface area contributed by atoms with E-state index in [4.69, 9.17) is 0 Å². The summed E-state index contributed by atoms with van der Waals surface area (Å²) in [5.41, 5.74) is 4.87. The van der Waals surface area contributed by atoms with Crippen LogP contribution < -0.4 is 9.80 Å². The molecule has 0 aliphatic rings. The average Bonchev–Trinajstić information content (AvgIpc) is 2.46. The third kappa shape index (κ3) is 3.64. The first-order valence-corrected chi connectivity index (χ1v) is 6.79. The molecule has 0 fully saturated rings. The lowest BCUT2D eigenvalue weighted by Crippen LogP contribution is -2.07. The zero-order valence-corrected chi connectivity index (χ0v) is 12.7. The summed E-state index contributed by atoms with van der Waals surface area (Å²) in [6, 6.07) is 17.1. The van der Waals surface area contributed by atoms with Gasteiger partial charge in [0.25, 0.3) is 0 Å². The smallest absolute Gasteiger partial charge is 0.0361 e. The zero-order chi connectivity index (χ0) is 14.5. The molecule has 0 saturated heterocycles. The quantitative estimate of drug-likeness (QED) is 0.772. The van der Waals surface area contributed by atoms with Crippen LogP contribution in [-0.2, 0) is 0 Å². The first kappa shape index (κ1) is 14.2. The molecule has 0 atom stereocenters. The van der Waals surface area contributed by atoms with E-state index < -0.39 is 0 Å². The van der Waals surface area contributed by atoms with E-state index in [2.05, 4.69) is 98.7 Å². The Hall–Kier alpha value is -2.22. The van der Waals surface area contributed by atoms with Crippen LogP contribution in [0.25, 0.3) is 12.2 Å². The summed E-state index contributed by atoms with van der Waals surface area (Å²) < 4.78 is 0. The second-order valence-electron chi connectivity index (χ2n) is 5.31. The predicted molar refractivity (Wildman–Crippen MR) is 90.5 cm³/mol. The van der Waals surface area contributed by atoms with Crippen LogP contribution in [0.1, 0.15) is 11.1 Å². The first-order chi connectivity index (χ1) is 9.56. The van der Waals surface area contributed by atoms with Crippen molar-refractivity contribution in [1.29, 1.82) is 0 Å². The van der Waals surface area contributed by atoms with Gasteiger partial charge in [-0.05, 0) is 35.4 Å². The number of rotatable bonds is 4. The molecule has 104 valence electrons. The summed E-state index contributed by atoms with van der Waals surface area (Å²) in [4.78, 5) is 4.21. The summed E-state index contributed by atoms with van der Waals surface area (Å²) >= 11 is 0. The third-order valence-corrected chi connectivity index (χ3v) is 3.29. The highest BCUT2D eigenvalue weighted by Gasteiger charge is 1.95. The molecule has 0 heterocycles. The van der Waals surface area contributed by atoms with Gasteiger partial charge in [0.15, 0.2) is 0 Å². The number of anilines is 2. The van der Waals surface area contributed by atoms with E-state index in [0.29, 0.717) is 0 Å². The summed E-state index contributed by atoms with van der Waals surface area (Å²) in [5, 5.41) is 0. The van der Waals surface area contributed by atoms with Crippen LogP contribution in [0.15, 0.2) is 48.5 Å². The molecular weight excluding hydrogens is 244 g/mol. The molecule has 0 aromatic heterocycles. The van der Waals surface area contributed by atoms with Crippen molar-refractivity contribution in [2.45, 2.75) is 0 Å². The molecule has 20 heavy (non-hydrogen) atoms. The summed E-state index contributed by atoms with van der Waals surface area (Å²) in [6.07, 6.45) is 4.29. The highest BCUT2D eigenvalue weighted by atomic mass is 15.1. The summed E-state index contributed by atoms with van der Waals surface area (Å²) in [7, 11) is 8.21. The summed E-state index contributed by atoms with van der Waals surface area (Å²) in [5.74, 6) is 0. The molecule has 2 aromatic carbocycles. The Morgan fingerprint density at radius 1 is 0.550 bits per heavy atom. The molecule has 0 saturated carbocycles. The van der Waals surface area contributed by atoms with E-state index >= 15 is 0 Å². The Labute approximate surface area is 122 Å². The largest absolute Gasteiger partial charge is 0.378 e. The van der Waals surface area contributed by atoms with Gasteiger partial charge in [-0.25, -0.2) is 0 Å². The first-order valence-electron chi connectivity index (χ1n) is 6.79. The number of benzene rings is 2. The molecule has 0 unspecified atom stereocenters. The van der Waals surface area contributed by atoms with Crippen molar-refractivity contribution in [3.05, 3.63) is 59.7 Å². The Balaban J connectivity index is 2.08. The lowest BCUT2D eigenvalue weighted by molar-refractivity contribution is 1.13. The molecule has 0 aliphatic carbocycles. The molecule has 2 aromatic rings. The standard InChI is InChI=1S/C18H22N2/c1-19(2)17-11-7-15(8-12-17)5-6-16-9-13-18(14-10-16)20(3)4/h5-14H,1-4H3. The molecule has 0 amide bonds. The monoisotopic (exact) mass is 266 g/mol. The Kier molecular flexibility index (Phi) is 4.46. The van der Waals surface area contributed by atoms with E-state index in [1.54, 1.807) is 0 Å².